The summed E-state index contributed by atoms with van der Waals surface area (Å²) in [4.78, 5) is 3.40. The molecule has 0 aliphatic heterocycles. The fraction of sp³-hybridized carbons (Fsp3) is 0.133. The molecule has 0 saturated carbocycles. The first-order chi connectivity index (χ1) is 8.61. The molecule has 0 aliphatic rings. The molecule has 3 rings (SSSR count). The highest BCUT2D eigenvalue weighted by Gasteiger charge is 2.11. The molecule has 0 aliphatic carbocycles. The van der Waals surface area contributed by atoms with E-state index in [-0.39, 0.29) is 0 Å². The Hall–Kier alpha value is -2.47. The minimum absolute atomic E-state index is 0.669. The van der Waals surface area contributed by atoms with Gasteiger partial charge in [0.05, 0.1) is 11.6 Å². The van der Waals surface area contributed by atoms with Gasteiger partial charge in [-0.25, -0.2) is 0 Å². The number of benzene rings is 2. The van der Waals surface area contributed by atoms with Crippen LogP contribution < -0.4 is 5.73 Å². The molecule has 3 heteroatoms. The van der Waals surface area contributed by atoms with Gasteiger partial charge in [-0.15, -0.1) is 0 Å². The van der Waals surface area contributed by atoms with E-state index in [0.29, 0.717) is 5.56 Å². The van der Waals surface area contributed by atoms with Crippen molar-refractivity contribution in [1.82, 2.24) is 4.98 Å². The summed E-state index contributed by atoms with van der Waals surface area (Å²) in [6, 6.07) is 9.85. The van der Waals surface area contributed by atoms with E-state index in [4.69, 9.17) is 11.0 Å². The lowest BCUT2D eigenvalue weighted by Gasteiger charge is -2.05. The van der Waals surface area contributed by atoms with Crippen LogP contribution in [-0.2, 0) is 0 Å². The summed E-state index contributed by atoms with van der Waals surface area (Å²) in [5.41, 5.74) is 11.8. The average Bonchev–Trinajstić information content (AvgIpc) is 2.75. The SMILES string of the molecule is Cc1cc(N)c(C)c2c1[nH]c1ccc(C#N)cc12. The number of nitrogens with zero attached hydrogens (tertiary/aromatic N) is 1. The average molecular weight is 235 g/mol. The summed E-state index contributed by atoms with van der Waals surface area (Å²) < 4.78 is 0. The van der Waals surface area contributed by atoms with Crippen LogP contribution in [0.1, 0.15) is 16.7 Å². The van der Waals surface area contributed by atoms with E-state index in [2.05, 4.69) is 11.1 Å². The largest absolute Gasteiger partial charge is 0.398 e. The van der Waals surface area contributed by atoms with Crippen LogP contribution in [0.25, 0.3) is 21.8 Å². The third-order valence-electron chi connectivity index (χ3n) is 3.50. The first-order valence-electron chi connectivity index (χ1n) is 5.83. The maximum atomic E-state index is 9.00. The van der Waals surface area contributed by atoms with Crippen molar-refractivity contribution in [3.8, 4) is 6.07 Å². The van der Waals surface area contributed by atoms with Crippen molar-refractivity contribution in [2.45, 2.75) is 13.8 Å². The maximum Gasteiger partial charge on any atom is 0.0991 e. The highest BCUT2D eigenvalue weighted by Crippen LogP contribution is 2.33. The van der Waals surface area contributed by atoms with Crippen molar-refractivity contribution < 1.29 is 0 Å². The monoisotopic (exact) mass is 235 g/mol. The Morgan fingerprint density at radius 3 is 2.72 bits per heavy atom. The van der Waals surface area contributed by atoms with Crippen LogP contribution in [0.15, 0.2) is 24.3 Å². The molecule has 3 aromatic rings. The number of nitrogens with two attached hydrogens (primary N) is 1. The van der Waals surface area contributed by atoms with Gasteiger partial charge in [-0.05, 0) is 49.2 Å². The Labute approximate surface area is 105 Å². The van der Waals surface area contributed by atoms with Gasteiger partial charge in [-0.2, -0.15) is 5.26 Å². The number of nitrogens with one attached hydrogen (secondary N) is 1. The third-order valence-corrected chi connectivity index (χ3v) is 3.50. The van der Waals surface area contributed by atoms with Gasteiger partial charge < -0.3 is 10.7 Å². The summed E-state index contributed by atoms with van der Waals surface area (Å²) >= 11 is 0. The van der Waals surface area contributed by atoms with E-state index in [1.165, 1.54) is 0 Å². The molecular weight excluding hydrogens is 222 g/mol. The van der Waals surface area contributed by atoms with E-state index in [0.717, 1.165) is 38.6 Å². The summed E-state index contributed by atoms with van der Waals surface area (Å²) in [6.07, 6.45) is 0. The molecule has 2 aromatic carbocycles. The third kappa shape index (κ3) is 1.29. The van der Waals surface area contributed by atoms with Gasteiger partial charge in [0.2, 0.25) is 0 Å². The number of hydrogen-bond donors (Lipinski definition) is 2. The second-order valence-corrected chi connectivity index (χ2v) is 4.65. The van der Waals surface area contributed by atoms with E-state index >= 15 is 0 Å². The number of aromatic nitrogens is 1. The Bertz CT molecular complexity index is 819. The zero-order valence-electron chi connectivity index (χ0n) is 10.3. The summed E-state index contributed by atoms with van der Waals surface area (Å²) in [6.45, 7) is 4.06. The second-order valence-electron chi connectivity index (χ2n) is 4.65. The number of hydrogen-bond acceptors (Lipinski definition) is 2. The summed E-state index contributed by atoms with van der Waals surface area (Å²) in [5.74, 6) is 0. The Morgan fingerprint density at radius 1 is 1.22 bits per heavy atom. The number of rotatable bonds is 0. The number of nitriles is 1. The highest BCUT2D eigenvalue weighted by molar-refractivity contribution is 6.11. The van der Waals surface area contributed by atoms with E-state index in [1.54, 1.807) is 0 Å². The van der Waals surface area contributed by atoms with Gasteiger partial charge in [0.15, 0.2) is 0 Å². The van der Waals surface area contributed by atoms with Crippen molar-refractivity contribution >= 4 is 27.5 Å². The van der Waals surface area contributed by atoms with E-state index in [1.807, 2.05) is 38.1 Å². The fourth-order valence-electron chi connectivity index (χ4n) is 2.50. The smallest absolute Gasteiger partial charge is 0.0991 e. The highest BCUT2D eigenvalue weighted by atomic mass is 14.7. The van der Waals surface area contributed by atoms with Gasteiger partial charge in [0.25, 0.3) is 0 Å². The van der Waals surface area contributed by atoms with Crippen LogP contribution in [0.3, 0.4) is 0 Å². The standard InChI is InChI=1S/C15H13N3/c1-8-5-12(17)9(2)14-11-6-10(7-16)3-4-13(11)18-15(8)14/h3-6,18H,17H2,1-2H3. The van der Waals surface area contributed by atoms with Crippen molar-refractivity contribution in [2.75, 3.05) is 5.73 Å². The molecule has 0 fully saturated rings. The second kappa shape index (κ2) is 3.51. The first kappa shape index (κ1) is 10.7. The molecule has 0 bridgehead atoms. The molecule has 3 nitrogen and oxygen atoms in total. The van der Waals surface area contributed by atoms with Gasteiger partial charge >= 0.3 is 0 Å². The normalized spacial score (nSPS) is 10.9. The molecule has 1 heterocycles. The lowest BCUT2D eigenvalue weighted by molar-refractivity contribution is 1.42. The predicted octanol–water partition coefficient (Wildman–Crippen LogP) is 3.39. The van der Waals surface area contributed by atoms with Crippen LogP contribution in [0, 0.1) is 25.2 Å². The van der Waals surface area contributed by atoms with Crippen LogP contribution in [0.5, 0.6) is 0 Å². The number of aryl methyl sites for hydroxylation is 2. The van der Waals surface area contributed by atoms with Crippen molar-refractivity contribution in [3.63, 3.8) is 0 Å². The molecule has 0 amide bonds. The van der Waals surface area contributed by atoms with Crippen LogP contribution >= 0.6 is 0 Å². The quantitative estimate of drug-likeness (QED) is 0.586. The van der Waals surface area contributed by atoms with Crippen molar-refractivity contribution in [3.05, 3.63) is 41.0 Å². The van der Waals surface area contributed by atoms with Gasteiger partial charge in [0.1, 0.15) is 0 Å². The van der Waals surface area contributed by atoms with Crippen LogP contribution in [0.2, 0.25) is 0 Å². The van der Waals surface area contributed by atoms with Crippen molar-refractivity contribution in [1.29, 1.82) is 5.26 Å². The molecule has 0 spiro atoms. The predicted molar refractivity (Wildman–Crippen MR) is 74.4 cm³/mol. The Morgan fingerprint density at radius 2 is 2.00 bits per heavy atom. The van der Waals surface area contributed by atoms with Crippen LogP contribution in [-0.4, -0.2) is 4.98 Å². The lowest BCUT2D eigenvalue weighted by atomic mass is 10.0. The molecule has 0 unspecified atom stereocenters. The van der Waals surface area contributed by atoms with Gasteiger partial charge in [-0.1, -0.05) is 0 Å². The summed E-state index contributed by atoms with van der Waals surface area (Å²) in [5, 5.41) is 11.2. The Balaban J connectivity index is 2.59. The summed E-state index contributed by atoms with van der Waals surface area (Å²) in [7, 11) is 0. The Kier molecular flexibility index (Phi) is 2.08. The molecule has 0 radical (unpaired) electrons. The molecule has 18 heavy (non-hydrogen) atoms. The minimum Gasteiger partial charge on any atom is -0.398 e. The molecule has 0 atom stereocenters. The topological polar surface area (TPSA) is 65.6 Å². The maximum absolute atomic E-state index is 9.00. The number of nitrogen functional groups attached to an aromatic ring is 1. The molecule has 0 saturated heterocycles. The molecule has 88 valence electrons. The number of anilines is 1. The van der Waals surface area contributed by atoms with Gasteiger partial charge in [-0.3, -0.25) is 0 Å². The molecule has 1 aromatic heterocycles. The van der Waals surface area contributed by atoms with Gasteiger partial charge in [0, 0.05) is 27.5 Å². The fourth-order valence-corrected chi connectivity index (χ4v) is 2.50. The van der Waals surface area contributed by atoms with Crippen molar-refractivity contribution in [2.24, 2.45) is 0 Å². The lowest BCUT2D eigenvalue weighted by Crippen LogP contribution is -1.91. The molecule has 3 N–H and O–H groups in total. The first-order valence-corrected chi connectivity index (χ1v) is 5.83. The van der Waals surface area contributed by atoms with E-state index < -0.39 is 0 Å². The zero-order valence-corrected chi connectivity index (χ0v) is 10.3. The molecular formula is C15H13N3. The minimum atomic E-state index is 0.669. The number of aromatic amines is 1. The number of H-pyrrole nitrogens is 1. The van der Waals surface area contributed by atoms with Crippen LogP contribution in [0.4, 0.5) is 5.69 Å². The van der Waals surface area contributed by atoms with E-state index in [9.17, 15) is 0 Å². The number of fused-ring (bicyclic) bond motifs is 3. The zero-order chi connectivity index (χ0) is 12.9.